The van der Waals surface area contributed by atoms with E-state index in [1.807, 2.05) is 74.2 Å². The first-order chi connectivity index (χ1) is 16.7. The first kappa shape index (κ1) is 23.5. The van der Waals surface area contributed by atoms with Gasteiger partial charge >= 0.3 is 0 Å². The Bertz CT molecular complexity index is 1330. The molecule has 3 atom stereocenters. The van der Waals surface area contributed by atoms with E-state index in [0.29, 0.717) is 21.6 Å². The Morgan fingerprint density at radius 2 is 1.89 bits per heavy atom. The second kappa shape index (κ2) is 8.73. The molecule has 0 radical (unpaired) electrons. The van der Waals surface area contributed by atoms with E-state index in [-0.39, 0.29) is 5.91 Å². The molecular formula is C27H26ClN3O3S. The van der Waals surface area contributed by atoms with Gasteiger partial charge in [-0.2, -0.15) is 0 Å². The number of fused-ring (bicyclic) bond motifs is 4. The van der Waals surface area contributed by atoms with Gasteiger partial charge in [0, 0.05) is 22.0 Å². The van der Waals surface area contributed by atoms with Crippen molar-refractivity contribution in [2.75, 3.05) is 17.3 Å². The quantitative estimate of drug-likeness (QED) is 0.437. The molecule has 0 aromatic heterocycles. The van der Waals surface area contributed by atoms with Gasteiger partial charge in [0.25, 0.3) is 0 Å². The molecule has 2 bridgehead atoms. The summed E-state index contributed by atoms with van der Waals surface area (Å²) >= 11 is 11.9. The van der Waals surface area contributed by atoms with Gasteiger partial charge in [0.05, 0.1) is 13.2 Å². The number of aryl methyl sites for hydroxylation is 2. The van der Waals surface area contributed by atoms with Crippen LogP contribution in [-0.2, 0) is 4.79 Å². The Kier molecular flexibility index (Phi) is 5.85. The normalized spacial score (nSPS) is 22.5. The number of benzene rings is 3. The monoisotopic (exact) mass is 507 g/mol. The summed E-state index contributed by atoms with van der Waals surface area (Å²) in [5, 5.41) is 7.62. The van der Waals surface area contributed by atoms with E-state index in [1.54, 1.807) is 19.2 Å². The number of nitrogens with one attached hydrogen (secondary N) is 2. The van der Waals surface area contributed by atoms with E-state index in [1.165, 1.54) is 0 Å². The van der Waals surface area contributed by atoms with Crippen molar-refractivity contribution in [2.45, 2.75) is 32.5 Å². The second-order valence-electron chi connectivity index (χ2n) is 9.08. The third-order valence-corrected chi connectivity index (χ3v) is 7.26. The molecule has 35 heavy (non-hydrogen) atoms. The fourth-order valence-electron chi connectivity index (χ4n) is 5.03. The summed E-state index contributed by atoms with van der Waals surface area (Å²) in [6.07, 6.45) is 0. The number of methoxy groups -OCH3 is 1. The SMILES string of the molecule is COc1ccc2c(c1)[C@H]1NC(=S)N(c3ccc(Cl)cc3)[C@@](C)(O2)[C@H]1C(=O)Nc1ccc(C)cc1C. The van der Waals surface area contributed by atoms with Crippen LogP contribution in [0.25, 0.3) is 0 Å². The van der Waals surface area contributed by atoms with Gasteiger partial charge in [-0.05, 0) is 87.1 Å². The van der Waals surface area contributed by atoms with E-state index < -0.39 is 17.7 Å². The van der Waals surface area contributed by atoms with Crippen LogP contribution in [0, 0.1) is 19.8 Å². The average molecular weight is 508 g/mol. The van der Waals surface area contributed by atoms with Gasteiger partial charge in [-0.1, -0.05) is 29.3 Å². The van der Waals surface area contributed by atoms with Crippen LogP contribution < -0.4 is 25.0 Å². The number of anilines is 2. The van der Waals surface area contributed by atoms with Gasteiger partial charge in [0.15, 0.2) is 10.8 Å². The van der Waals surface area contributed by atoms with Crippen LogP contribution >= 0.6 is 23.8 Å². The number of thiocarbonyl (C=S) groups is 1. The summed E-state index contributed by atoms with van der Waals surface area (Å²) in [4.78, 5) is 15.8. The Hall–Kier alpha value is -3.29. The van der Waals surface area contributed by atoms with Crippen molar-refractivity contribution in [3.8, 4) is 11.5 Å². The lowest BCUT2D eigenvalue weighted by atomic mass is 9.78. The summed E-state index contributed by atoms with van der Waals surface area (Å²) < 4.78 is 12.1. The maximum absolute atomic E-state index is 14.0. The molecule has 0 aliphatic carbocycles. The molecule has 1 fully saturated rings. The molecule has 3 aromatic rings. The molecule has 0 saturated carbocycles. The molecule has 2 heterocycles. The van der Waals surface area contributed by atoms with Gasteiger partial charge in [-0.15, -0.1) is 0 Å². The van der Waals surface area contributed by atoms with E-state index in [0.717, 1.165) is 28.1 Å². The van der Waals surface area contributed by atoms with Gasteiger partial charge in [0.1, 0.15) is 17.4 Å². The molecular weight excluding hydrogens is 482 g/mol. The summed E-state index contributed by atoms with van der Waals surface area (Å²) in [5.41, 5.74) is 3.37. The number of hydrogen-bond donors (Lipinski definition) is 2. The smallest absolute Gasteiger partial charge is 0.236 e. The molecule has 0 unspecified atom stereocenters. The molecule has 1 amide bonds. The molecule has 2 N–H and O–H groups in total. The highest BCUT2D eigenvalue weighted by Crippen LogP contribution is 2.50. The molecule has 6 nitrogen and oxygen atoms in total. The maximum Gasteiger partial charge on any atom is 0.236 e. The van der Waals surface area contributed by atoms with E-state index in [9.17, 15) is 4.79 Å². The number of carbonyl (C=O) groups excluding carboxylic acids is 1. The van der Waals surface area contributed by atoms with Crippen molar-refractivity contribution >= 4 is 46.2 Å². The highest BCUT2D eigenvalue weighted by Gasteiger charge is 2.59. The van der Waals surface area contributed by atoms with Crippen molar-refractivity contribution in [3.05, 3.63) is 82.4 Å². The zero-order valence-corrected chi connectivity index (χ0v) is 21.5. The number of ether oxygens (including phenoxy) is 2. The van der Waals surface area contributed by atoms with E-state index in [4.69, 9.17) is 33.3 Å². The topological polar surface area (TPSA) is 62.8 Å². The fraction of sp³-hybridized carbons (Fsp3) is 0.259. The predicted molar refractivity (Wildman–Crippen MR) is 142 cm³/mol. The van der Waals surface area contributed by atoms with E-state index in [2.05, 4.69) is 10.6 Å². The molecule has 2 aliphatic heterocycles. The summed E-state index contributed by atoms with van der Waals surface area (Å²) in [7, 11) is 1.61. The predicted octanol–water partition coefficient (Wildman–Crippen LogP) is 5.76. The van der Waals surface area contributed by atoms with Gasteiger partial charge < -0.3 is 20.1 Å². The number of rotatable bonds is 4. The van der Waals surface area contributed by atoms with Crippen molar-refractivity contribution < 1.29 is 14.3 Å². The zero-order chi connectivity index (χ0) is 24.9. The van der Waals surface area contributed by atoms with Crippen LogP contribution in [0.5, 0.6) is 11.5 Å². The third kappa shape index (κ3) is 3.98. The number of halogens is 1. The Morgan fingerprint density at radius 1 is 1.14 bits per heavy atom. The van der Waals surface area contributed by atoms with Crippen molar-refractivity contribution in [1.82, 2.24) is 5.32 Å². The lowest BCUT2D eigenvalue weighted by molar-refractivity contribution is -0.130. The number of carbonyl (C=O) groups is 1. The molecule has 3 aromatic carbocycles. The van der Waals surface area contributed by atoms with Crippen LogP contribution in [0.1, 0.15) is 29.7 Å². The molecule has 2 aliphatic rings. The van der Waals surface area contributed by atoms with Gasteiger partial charge in [0.2, 0.25) is 5.91 Å². The minimum Gasteiger partial charge on any atom is -0.497 e. The standard InChI is InChI=1S/C27H26ClN3O3S/c1-15-5-11-21(16(2)13-15)29-25(32)23-24-20-14-19(33-4)10-12-22(20)34-27(23,3)31(26(35)30-24)18-8-6-17(28)7-9-18/h5-14,23-24H,1-4H3,(H,29,32)(H,30,35)/t23-,24-,27+/m1/s1. The van der Waals surface area contributed by atoms with E-state index >= 15 is 0 Å². The highest BCUT2D eigenvalue weighted by atomic mass is 35.5. The van der Waals surface area contributed by atoms with Crippen molar-refractivity contribution in [3.63, 3.8) is 0 Å². The molecule has 8 heteroatoms. The Balaban J connectivity index is 1.63. The molecule has 5 rings (SSSR count). The van der Waals surface area contributed by atoms with Gasteiger partial charge in [-0.3, -0.25) is 9.69 Å². The number of nitrogens with zero attached hydrogens (tertiary/aromatic N) is 1. The van der Waals surface area contributed by atoms with Crippen LogP contribution in [-0.4, -0.2) is 23.9 Å². The number of amides is 1. The molecule has 0 spiro atoms. The maximum atomic E-state index is 14.0. The lowest BCUT2D eigenvalue weighted by Crippen LogP contribution is -2.72. The van der Waals surface area contributed by atoms with Gasteiger partial charge in [-0.25, -0.2) is 0 Å². The van der Waals surface area contributed by atoms with Crippen LogP contribution in [0.2, 0.25) is 5.02 Å². The summed E-state index contributed by atoms with van der Waals surface area (Å²) in [6.45, 7) is 5.91. The molecule has 1 saturated heterocycles. The minimum atomic E-state index is -1.11. The third-order valence-electron chi connectivity index (χ3n) is 6.71. The van der Waals surface area contributed by atoms with Crippen molar-refractivity contribution in [2.24, 2.45) is 5.92 Å². The number of hydrogen-bond acceptors (Lipinski definition) is 4. The fourth-order valence-corrected chi connectivity index (χ4v) is 5.57. The first-order valence-electron chi connectivity index (χ1n) is 11.3. The lowest BCUT2D eigenvalue weighted by Gasteiger charge is -2.56. The van der Waals surface area contributed by atoms with Crippen molar-refractivity contribution in [1.29, 1.82) is 0 Å². The Morgan fingerprint density at radius 3 is 2.57 bits per heavy atom. The average Bonchev–Trinajstić information content (AvgIpc) is 2.81. The first-order valence-corrected chi connectivity index (χ1v) is 12.1. The van der Waals surface area contributed by atoms with Crippen LogP contribution in [0.3, 0.4) is 0 Å². The zero-order valence-electron chi connectivity index (χ0n) is 19.9. The second-order valence-corrected chi connectivity index (χ2v) is 9.91. The van der Waals surface area contributed by atoms with Crippen LogP contribution in [0.4, 0.5) is 11.4 Å². The molecule has 180 valence electrons. The summed E-state index contributed by atoms with van der Waals surface area (Å²) in [6, 6.07) is 18.5. The largest absolute Gasteiger partial charge is 0.497 e. The highest BCUT2D eigenvalue weighted by molar-refractivity contribution is 7.80. The summed E-state index contributed by atoms with van der Waals surface area (Å²) in [5.74, 6) is 0.525. The van der Waals surface area contributed by atoms with Crippen LogP contribution in [0.15, 0.2) is 60.7 Å². The Labute approximate surface area is 215 Å². The minimum absolute atomic E-state index is 0.174.